The van der Waals surface area contributed by atoms with Crippen molar-refractivity contribution in [1.29, 1.82) is 0 Å². The monoisotopic (exact) mass is 296 g/mol. The van der Waals surface area contributed by atoms with E-state index < -0.39 is 0 Å². The topological polar surface area (TPSA) is 17.3 Å². The van der Waals surface area contributed by atoms with E-state index in [1.807, 2.05) is 18.0 Å². The van der Waals surface area contributed by atoms with Gasteiger partial charge >= 0.3 is 0 Å². The quantitative estimate of drug-likeness (QED) is 0.790. The van der Waals surface area contributed by atoms with Crippen LogP contribution < -0.4 is 0 Å². The van der Waals surface area contributed by atoms with Crippen LogP contribution in [0, 0.1) is 0 Å². The fourth-order valence-electron chi connectivity index (χ4n) is 2.19. The molecule has 2 aromatic rings. The van der Waals surface area contributed by atoms with Crippen LogP contribution in [0.2, 0.25) is 0 Å². The number of fused-ring (bicyclic) bond motifs is 1. The molecule has 84 valence electrons. The number of hydrogen-bond donors (Lipinski definition) is 0. The fraction of sp³-hybridized carbons (Fsp3) is 0.417. The summed E-state index contributed by atoms with van der Waals surface area (Å²) in [5, 5.41) is 0.575. The Bertz CT molecular complexity index is 503. The van der Waals surface area contributed by atoms with E-state index >= 15 is 0 Å². The van der Waals surface area contributed by atoms with Gasteiger partial charge in [0.25, 0.3) is 0 Å². The lowest BCUT2D eigenvalue weighted by Crippen LogP contribution is -2.06. The first-order valence-corrected chi connectivity index (χ1v) is 7.43. The second kappa shape index (κ2) is 4.41. The average molecular weight is 297 g/mol. The molecule has 1 aliphatic heterocycles. The van der Waals surface area contributed by atoms with Gasteiger partial charge in [0.05, 0.1) is 17.0 Å². The minimum absolute atomic E-state index is 0.575. The average Bonchev–Trinajstić information content (AvgIpc) is 2.75. The SMILES string of the molecule is Brc1cccn2c(C3CCCCS3)ncc12. The molecule has 0 amide bonds. The minimum Gasteiger partial charge on any atom is -0.302 e. The Kier molecular flexibility index (Phi) is 2.94. The lowest BCUT2D eigenvalue weighted by Gasteiger charge is -2.20. The molecule has 1 fully saturated rings. The summed E-state index contributed by atoms with van der Waals surface area (Å²) >= 11 is 5.61. The Hall–Kier alpha value is -0.480. The zero-order valence-corrected chi connectivity index (χ0v) is 11.3. The van der Waals surface area contributed by atoms with Gasteiger partial charge in [-0.3, -0.25) is 0 Å². The number of imidazole rings is 1. The summed E-state index contributed by atoms with van der Waals surface area (Å²) in [5.74, 6) is 2.48. The van der Waals surface area contributed by atoms with Gasteiger partial charge < -0.3 is 4.40 Å². The number of rotatable bonds is 1. The van der Waals surface area contributed by atoms with Gasteiger partial charge in [-0.2, -0.15) is 11.8 Å². The summed E-state index contributed by atoms with van der Waals surface area (Å²) in [6.07, 6.45) is 8.03. The van der Waals surface area contributed by atoms with Gasteiger partial charge in [-0.05, 0) is 46.7 Å². The zero-order chi connectivity index (χ0) is 11.0. The molecule has 1 aliphatic rings. The molecule has 3 rings (SSSR count). The maximum atomic E-state index is 4.59. The molecule has 0 bridgehead atoms. The van der Waals surface area contributed by atoms with Gasteiger partial charge in [-0.1, -0.05) is 6.42 Å². The minimum atomic E-state index is 0.575. The molecule has 0 N–H and O–H groups in total. The van der Waals surface area contributed by atoms with Gasteiger partial charge in [0.1, 0.15) is 5.82 Å². The van der Waals surface area contributed by atoms with Crippen molar-refractivity contribution >= 4 is 33.2 Å². The molecule has 0 aliphatic carbocycles. The van der Waals surface area contributed by atoms with Gasteiger partial charge in [-0.25, -0.2) is 4.98 Å². The lowest BCUT2D eigenvalue weighted by atomic mass is 10.2. The number of thioether (sulfide) groups is 1. The van der Waals surface area contributed by atoms with E-state index in [4.69, 9.17) is 0 Å². The van der Waals surface area contributed by atoms with E-state index in [9.17, 15) is 0 Å². The molecule has 0 saturated carbocycles. The van der Waals surface area contributed by atoms with Crippen LogP contribution in [0.25, 0.3) is 5.52 Å². The smallest absolute Gasteiger partial charge is 0.126 e. The molecule has 0 spiro atoms. The summed E-state index contributed by atoms with van der Waals surface area (Å²) in [7, 11) is 0. The molecule has 1 atom stereocenters. The predicted octanol–water partition coefficient (Wildman–Crippen LogP) is 4.06. The predicted molar refractivity (Wildman–Crippen MR) is 71.9 cm³/mol. The second-order valence-electron chi connectivity index (χ2n) is 4.08. The molecule has 3 heterocycles. The van der Waals surface area contributed by atoms with Crippen LogP contribution in [-0.2, 0) is 0 Å². The van der Waals surface area contributed by atoms with Gasteiger partial charge in [-0.15, -0.1) is 0 Å². The van der Waals surface area contributed by atoms with Crippen LogP contribution in [0.1, 0.15) is 30.3 Å². The van der Waals surface area contributed by atoms with E-state index in [-0.39, 0.29) is 0 Å². The van der Waals surface area contributed by atoms with E-state index in [0.717, 1.165) is 4.47 Å². The van der Waals surface area contributed by atoms with Crippen molar-refractivity contribution in [2.24, 2.45) is 0 Å². The first-order valence-electron chi connectivity index (χ1n) is 5.59. The summed E-state index contributed by atoms with van der Waals surface area (Å²) in [5.41, 5.74) is 1.17. The van der Waals surface area contributed by atoms with Crippen LogP contribution in [0.5, 0.6) is 0 Å². The number of aromatic nitrogens is 2. The second-order valence-corrected chi connectivity index (χ2v) is 6.25. The number of pyridine rings is 1. The normalized spacial score (nSPS) is 21.4. The highest BCUT2D eigenvalue weighted by molar-refractivity contribution is 9.10. The van der Waals surface area contributed by atoms with Crippen LogP contribution in [0.3, 0.4) is 0 Å². The Labute approximate surface area is 108 Å². The van der Waals surface area contributed by atoms with Crippen molar-refractivity contribution in [3.63, 3.8) is 0 Å². The number of halogens is 1. The standard InChI is InChI=1S/C12H13BrN2S/c13-9-4-3-6-15-10(9)8-14-12(15)11-5-1-2-7-16-11/h3-4,6,8,11H,1-2,5,7H2. The molecule has 0 radical (unpaired) electrons. The molecule has 16 heavy (non-hydrogen) atoms. The highest BCUT2D eigenvalue weighted by Crippen LogP contribution is 2.38. The highest BCUT2D eigenvalue weighted by atomic mass is 79.9. The number of hydrogen-bond acceptors (Lipinski definition) is 2. The zero-order valence-electron chi connectivity index (χ0n) is 8.90. The molecular formula is C12H13BrN2S. The van der Waals surface area contributed by atoms with Crippen molar-refractivity contribution in [3.05, 3.63) is 34.8 Å². The summed E-state index contributed by atoms with van der Waals surface area (Å²) in [6, 6.07) is 4.13. The summed E-state index contributed by atoms with van der Waals surface area (Å²) < 4.78 is 3.34. The third-order valence-corrected chi connectivity index (χ3v) is 5.06. The Morgan fingerprint density at radius 3 is 3.19 bits per heavy atom. The van der Waals surface area contributed by atoms with Crippen LogP contribution in [0.4, 0.5) is 0 Å². The van der Waals surface area contributed by atoms with Crippen molar-refractivity contribution < 1.29 is 0 Å². The molecular weight excluding hydrogens is 284 g/mol. The third-order valence-electron chi connectivity index (χ3n) is 3.02. The van der Waals surface area contributed by atoms with Gasteiger partial charge in [0, 0.05) is 10.7 Å². The van der Waals surface area contributed by atoms with Crippen molar-refractivity contribution in [1.82, 2.24) is 9.38 Å². The van der Waals surface area contributed by atoms with E-state index in [1.165, 1.54) is 36.4 Å². The van der Waals surface area contributed by atoms with Crippen LogP contribution in [0.15, 0.2) is 29.0 Å². The van der Waals surface area contributed by atoms with Gasteiger partial charge in [0.15, 0.2) is 0 Å². The van der Waals surface area contributed by atoms with Crippen LogP contribution in [-0.4, -0.2) is 15.1 Å². The van der Waals surface area contributed by atoms with Crippen LogP contribution >= 0.6 is 27.7 Å². The summed E-state index contributed by atoms with van der Waals surface area (Å²) in [4.78, 5) is 4.59. The van der Waals surface area contributed by atoms with Crippen molar-refractivity contribution in [3.8, 4) is 0 Å². The maximum Gasteiger partial charge on any atom is 0.126 e. The van der Waals surface area contributed by atoms with Crippen molar-refractivity contribution in [2.45, 2.75) is 24.5 Å². The molecule has 1 saturated heterocycles. The first kappa shape index (κ1) is 10.7. The lowest BCUT2D eigenvalue weighted by molar-refractivity contribution is 0.660. The van der Waals surface area contributed by atoms with Crippen molar-refractivity contribution in [2.75, 3.05) is 5.75 Å². The maximum absolute atomic E-state index is 4.59. The molecule has 2 aromatic heterocycles. The van der Waals surface area contributed by atoms with Gasteiger partial charge in [0.2, 0.25) is 0 Å². The molecule has 1 unspecified atom stereocenters. The number of nitrogens with zero attached hydrogens (tertiary/aromatic N) is 2. The Balaban J connectivity index is 2.06. The Morgan fingerprint density at radius 2 is 2.38 bits per heavy atom. The third kappa shape index (κ3) is 1.78. The van der Waals surface area contributed by atoms with E-state index in [1.54, 1.807) is 0 Å². The fourth-order valence-corrected chi connectivity index (χ4v) is 3.95. The largest absolute Gasteiger partial charge is 0.302 e. The summed E-state index contributed by atoms with van der Waals surface area (Å²) in [6.45, 7) is 0. The Morgan fingerprint density at radius 1 is 1.44 bits per heavy atom. The molecule has 0 aromatic carbocycles. The highest BCUT2D eigenvalue weighted by Gasteiger charge is 2.20. The molecule has 4 heteroatoms. The molecule has 2 nitrogen and oxygen atoms in total. The van der Waals surface area contributed by atoms with E-state index in [2.05, 4.69) is 43.6 Å². The first-order chi connectivity index (χ1) is 7.86. The van der Waals surface area contributed by atoms with E-state index in [0.29, 0.717) is 5.25 Å².